The van der Waals surface area contributed by atoms with Crippen LogP contribution in [0.1, 0.15) is 24.3 Å². The number of amides is 1. The van der Waals surface area contributed by atoms with E-state index in [1.54, 1.807) is 29.9 Å². The van der Waals surface area contributed by atoms with Crippen molar-refractivity contribution in [3.63, 3.8) is 0 Å². The number of rotatable bonds is 5. The summed E-state index contributed by atoms with van der Waals surface area (Å²) in [5.74, 6) is -5.24. The molecule has 1 aliphatic rings. The summed E-state index contributed by atoms with van der Waals surface area (Å²) in [4.78, 5) is 19.9. The predicted octanol–water partition coefficient (Wildman–Crippen LogP) is 2.37. The van der Waals surface area contributed by atoms with E-state index in [9.17, 15) is 18.7 Å². The third-order valence-electron chi connectivity index (χ3n) is 3.98. The molecule has 0 saturated heterocycles. The molecule has 3 rings (SSSR count). The fourth-order valence-corrected chi connectivity index (χ4v) is 3.09. The maximum atomic E-state index is 13.9. The number of nitrogens with zero attached hydrogens (tertiary/aromatic N) is 2. The molecule has 0 atom stereocenters. The standard InChI is InChI=1S/C15H15F2N3O2S/c16-15(17,14(22)4-1-5-14)13(21)19-8-12-20-11(9-23-12)10-2-6-18-7-3-10/h2-3,6-7,9,22H,1,4-5,8H2,(H,19,21). The number of hydrogen-bond donors (Lipinski definition) is 2. The van der Waals surface area contributed by atoms with E-state index in [-0.39, 0.29) is 19.4 Å². The summed E-state index contributed by atoms with van der Waals surface area (Å²) < 4.78 is 27.9. The van der Waals surface area contributed by atoms with Crippen molar-refractivity contribution in [3.05, 3.63) is 34.9 Å². The van der Waals surface area contributed by atoms with E-state index >= 15 is 0 Å². The van der Waals surface area contributed by atoms with Crippen LogP contribution in [0.15, 0.2) is 29.9 Å². The lowest BCUT2D eigenvalue weighted by molar-refractivity contribution is -0.216. The molecule has 0 aliphatic heterocycles. The SMILES string of the molecule is O=C(NCc1nc(-c2ccncc2)cs1)C(F)(F)C1(O)CCC1. The van der Waals surface area contributed by atoms with E-state index in [0.29, 0.717) is 17.1 Å². The number of alkyl halides is 2. The van der Waals surface area contributed by atoms with Crippen LogP contribution in [0.4, 0.5) is 8.78 Å². The maximum absolute atomic E-state index is 13.9. The third-order valence-corrected chi connectivity index (χ3v) is 4.83. The van der Waals surface area contributed by atoms with Crippen molar-refractivity contribution in [2.75, 3.05) is 0 Å². The lowest BCUT2D eigenvalue weighted by Gasteiger charge is -2.41. The van der Waals surface area contributed by atoms with Gasteiger partial charge in [-0.15, -0.1) is 11.3 Å². The van der Waals surface area contributed by atoms with Crippen LogP contribution in [0.5, 0.6) is 0 Å². The molecule has 1 aliphatic carbocycles. The number of carbonyl (C=O) groups excluding carboxylic acids is 1. The fourth-order valence-electron chi connectivity index (χ4n) is 2.35. The van der Waals surface area contributed by atoms with Crippen LogP contribution in [0.3, 0.4) is 0 Å². The summed E-state index contributed by atoms with van der Waals surface area (Å²) in [7, 11) is 0. The number of aromatic nitrogens is 2. The molecule has 0 unspecified atom stereocenters. The first-order chi connectivity index (χ1) is 10.9. The van der Waals surface area contributed by atoms with Crippen molar-refractivity contribution in [1.82, 2.24) is 15.3 Å². The highest BCUT2D eigenvalue weighted by molar-refractivity contribution is 7.09. The van der Waals surface area contributed by atoms with Gasteiger partial charge in [-0.2, -0.15) is 8.78 Å². The Labute approximate surface area is 135 Å². The van der Waals surface area contributed by atoms with Crippen molar-refractivity contribution in [1.29, 1.82) is 0 Å². The molecule has 23 heavy (non-hydrogen) atoms. The Bertz CT molecular complexity index is 702. The van der Waals surface area contributed by atoms with Crippen LogP contribution < -0.4 is 5.32 Å². The molecule has 0 aromatic carbocycles. The Morgan fingerprint density at radius 1 is 1.39 bits per heavy atom. The number of nitrogens with one attached hydrogen (secondary N) is 1. The van der Waals surface area contributed by atoms with Gasteiger partial charge in [0.15, 0.2) is 0 Å². The van der Waals surface area contributed by atoms with Gasteiger partial charge in [-0.1, -0.05) is 0 Å². The first-order valence-electron chi connectivity index (χ1n) is 7.16. The second-order valence-corrected chi connectivity index (χ2v) is 6.45. The Kier molecular flexibility index (Phi) is 4.11. The molecule has 122 valence electrons. The van der Waals surface area contributed by atoms with Crippen LogP contribution in [-0.4, -0.2) is 32.5 Å². The summed E-state index contributed by atoms with van der Waals surface area (Å²) in [5, 5.41) is 14.2. The molecule has 5 nitrogen and oxygen atoms in total. The highest BCUT2D eigenvalue weighted by Crippen LogP contribution is 2.44. The van der Waals surface area contributed by atoms with Crippen LogP contribution in [-0.2, 0) is 11.3 Å². The Morgan fingerprint density at radius 2 is 2.09 bits per heavy atom. The fraction of sp³-hybridized carbons (Fsp3) is 0.400. The zero-order chi connectivity index (χ0) is 16.5. The van der Waals surface area contributed by atoms with E-state index in [2.05, 4.69) is 15.3 Å². The lowest BCUT2D eigenvalue weighted by Crippen LogP contribution is -2.60. The van der Waals surface area contributed by atoms with E-state index in [4.69, 9.17) is 0 Å². The Hall–Kier alpha value is -1.93. The topological polar surface area (TPSA) is 75.1 Å². The van der Waals surface area contributed by atoms with Gasteiger partial charge in [0, 0.05) is 23.3 Å². The molecule has 2 aromatic rings. The normalized spacial score (nSPS) is 16.7. The highest BCUT2D eigenvalue weighted by Gasteiger charge is 2.61. The van der Waals surface area contributed by atoms with Crippen molar-refractivity contribution in [2.45, 2.75) is 37.3 Å². The summed E-state index contributed by atoms with van der Waals surface area (Å²) in [6.45, 7) is -0.0970. The average Bonchev–Trinajstić information content (AvgIpc) is 2.99. The highest BCUT2D eigenvalue weighted by atomic mass is 32.1. The van der Waals surface area contributed by atoms with Crippen molar-refractivity contribution in [3.8, 4) is 11.3 Å². The van der Waals surface area contributed by atoms with E-state index in [1.165, 1.54) is 11.3 Å². The van der Waals surface area contributed by atoms with Crippen molar-refractivity contribution < 1.29 is 18.7 Å². The molecule has 2 heterocycles. The Balaban J connectivity index is 1.63. The summed E-state index contributed by atoms with van der Waals surface area (Å²) in [6, 6.07) is 3.58. The minimum atomic E-state index is -3.78. The largest absolute Gasteiger partial charge is 0.383 e. The van der Waals surface area contributed by atoms with Gasteiger partial charge in [-0.3, -0.25) is 9.78 Å². The van der Waals surface area contributed by atoms with Crippen molar-refractivity contribution in [2.24, 2.45) is 0 Å². The zero-order valence-corrected chi connectivity index (χ0v) is 12.9. The van der Waals surface area contributed by atoms with Gasteiger partial charge < -0.3 is 10.4 Å². The number of halogens is 2. The first-order valence-corrected chi connectivity index (χ1v) is 8.04. The average molecular weight is 339 g/mol. The van der Waals surface area contributed by atoms with Crippen LogP contribution in [0.2, 0.25) is 0 Å². The molecule has 0 bridgehead atoms. The summed E-state index contributed by atoms with van der Waals surface area (Å²) in [6.07, 6.45) is 3.65. The first kappa shape index (κ1) is 15.9. The van der Waals surface area contributed by atoms with Gasteiger partial charge in [-0.25, -0.2) is 4.98 Å². The van der Waals surface area contributed by atoms with E-state index < -0.39 is 17.4 Å². The third kappa shape index (κ3) is 2.96. The van der Waals surface area contributed by atoms with Gasteiger partial charge in [0.25, 0.3) is 5.91 Å². The van der Waals surface area contributed by atoms with Gasteiger partial charge >= 0.3 is 5.92 Å². The van der Waals surface area contributed by atoms with Gasteiger partial charge in [-0.05, 0) is 31.4 Å². The smallest absolute Gasteiger partial charge is 0.352 e. The number of hydrogen-bond acceptors (Lipinski definition) is 5. The van der Waals surface area contributed by atoms with Crippen LogP contribution in [0.25, 0.3) is 11.3 Å². The van der Waals surface area contributed by atoms with E-state index in [1.807, 2.05) is 0 Å². The summed E-state index contributed by atoms with van der Waals surface area (Å²) >= 11 is 1.27. The second kappa shape index (κ2) is 5.93. The predicted molar refractivity (Wildman–Crippen MR) is 80.9 cm³/mol. The van der Waals surface area contributed by atoms with Gasteiger partial charge in [0.1, 0.15) is 10.6 Å². The second-order valence-electron chi connectivity index (χ2n) is 5.50. The van der Waals surface area contributed by atoms with Crippen LogP contribution in [0, 0.1) is 0 Å². The van der Waals surface area contributed by atoms with E-state index in [0.717, 1.165) is 5.56 Å². The number of thiazole rings is 1. The summed E-state index contributed by atoms with van der Waals surface area (Å²) in [5.41, 5.74) is -0.642. The quantitative estimate of drug-likeness (QED) is 0.877. The molecular weight excluding hydrogens is 324 g/mol. The number of carbonyl (C=O) groups is 1. The van der Waals surface area contributed by atoms with Crippen molar-refractivity contribution >= 4 is 17.2 Å². The number of pyridine rings is 1. The molecule has 8 heteroatoms. The lowest BCUT2D eigenvalue weighted by atomic mass is 9.75. The zero-order valence-electron chi connectivity index (χ0n) is 12.1. The van der Waals surface area contributed by atoms with Gasteiger partial charge in [0.05, 0.1) is 12.2 Å². The molecular formula is C15H15F2N3O2S. The molecule has 1 amide bonds. The molecule has 2 aromatic heterocycles. The maximum Gasteiger partial charge on any atom is 0.352 e. The molecule has 0 radical (unpaired) electrons. The minimum absolute atomic E-state index is 0.0587. The minimum Gasteiger partial charge on any atom is -0.383 e. The van der Waals surface area contributed by atoms with Crippen LogP contribution >= 0.6 is 11.3 Å². The molecule has 0 spiro atoms. The molecule has 1 fully saturated rings. The number of aliphatic hydroxyl groups is 1. The monoisotopic (exact) mass is 339 g/mol. The Morgan fingerprint density at radius 3 is 2.70 bits per heavy atom. The van der Waals surface area contributed by atoms with Gasteiger partial charge in [0.2, 0.25) is 0 Å². The molecule has 1 saturated carbocycles. The molecule has 2 N–H and O–H groups in total.